The Morgan fingerprint density at radius 1 is 1.44 bits per heavy atom. The number of primary amides is 1. The van der Waals surface area contributed by atoms with Crippen LogP contribution in [0.25, 0.3) is 0 Å². The highest BCUT2D eigenvalue weighted by molar-refractivity contribution is 5.79. The van der Waals surface area contributed by atoms with Crippen LogP contribution in [-0.2, 0) is 4.79 Å². The minimum absolute atomic E-state index is 0.0776. The molecule has 0 spiro atoms. The molecule has 0 fully saturated rings. The lowest BCUT2D eigenvalue weighted by atomic mass is 9.98. The molecular formula is C10H11N3O3. The summed E-state index contributed by atoms with van der Waals surface area (Å²) in [5.41, 5.74) is 10.8. The second kappa shape index (κ2) is 4.61. The molecule has 0 radical (unpaired) electrons. The Hall–Kier alpha value is -2.10. The van der Waals surface area contributed by atoms with E-state index in [1.807, 2.05) is 6.07 Å². The van der Waals surface area contributed by atoms with Crippen molar-refractivity contribution in [3.63, 3.8) is 0 Å². The highest BCUT2D eigenvalue weighted by Crippen LogP contribution is 2.23. The Kier molecular flexibility index (Phi) is 3.45. The molecule has 0 aromatic heterocycles. The number of rotatable bonds is 3. The van der Waals surface area contributed by atoms with Crippen LogP contribution in [0.2, 0.25) is 0 Å². The summed E-state index contributed by atoms with van der Waals surface area (Å²) < 4.78 is 0. The van der Waals surface area contributed by atoms with Gasteiger partial charge in [-0.05, 0) is 18.2 Å². The predicted octanol–water partition coefficient (Wildman–Crippen LogP) is -0.980. The number of amides is 1. The Balaban J connectivity index is 3.17. The largest absolute Gasteiger partial charge is 0.399 e. The molecule has 2 atom stereocenters. The predicted molar refractivity (Wildman–Crippen MR) is 55.7 cm³/mol. The highest BCUT2D eigenvalue weighted by atomic mass is 16.3. The minimum atomic E-state index is -1.77. The number of aliphatic hydroxyl groups excluding tert-OH is 2. The molecule has 0 saturated carbocycles. The third-order valence-corrected chi connectivity index (χ3v) is 2.11. The van der Waals surface area contributed by atoms with Gasteiger partial charge in [0.15, 0.2) is 6.10 Å². The van der Waals surface area contributed by atoms with Gasteiger partial charge >= 0.3 is 0 Å². The fourth-order valence-corrected chi connectivity index (χ4v) is 1.25. The van der Waals surface area contributed by atoms with Crippen molar-refractivity contribution in [3.05, 3.63) is 29.3 Å². The van der Waals surface area contributed by atoms with E-state index in [0.717, 1.165) is 0 Å². The third-order valence-electron chi connectivity index (χ3n) is 2.11. The molecule has 1 rings (SSSR count). The number of carbonyl (C=O) groups excluding carboxylic acids is 1. The van der Waals surface area contributed by atoms with Crippen LogP contribution >= 0.6 is 0 Å². The standard InChI is InChI=1S/C10H11N3O3/c11-4-5-1-2-6(12)3-7(5)8(14)9(15)10(13)16/h1-3,8-9,14-15H,12H2,(H2,13,16). The number of hydrogen-bond donors (Lipinski definition) is 4. The number of nitriles is 1. The lowest BCUT2D eigenvalue weighted by Gasteiger charge is -2.16. The molecule has 0 heterocycles. The van der Waals surface area contributed by atoms with Gasteiger partial charge in [0, 0.05) is 11.3 Å². The molecule has 2 unspecified atom stereocenters. The molecule has 1 aromatic carbocycles. The number of aliphatic hydroxyl groups is 2. The molecule has 0 bridgehead atoms. The van der Waals surface area contributed by atoms with Gasteiger partial charge in [0.2, 0.25) is 5.91 Å². The lowest BCUT2D eigenvalue weighted by molar-refractivity contribution is -0.131. The van der Waals surface area contributed by atoms with E-state index in [-0.39, 0.29) is 11.1 Å². The first-order valence-electron chi connectivity index (χ1n) is 4.42. The molecule has 1 amide bonds. The maximum atomic E-state index is 10.7. The number of nitrogen functional groups attached to an aromatic ring is 1. The minimum Gasteiger partial charge on any atom is -0.399 e. The first kappa shape index (κ1) is 12.0. The zero-order chi connectivity index (χ0) is 12.3. The Morgan fingerprint density at radius 3 is 2.56 bits per heavy atom. The van der Waals surface area contributed by atoms with Crippen LogP contribution in [0, 0.1) is 11.3 Å². The Labute approximate surface area is 91.7 Å². The Bertz CT molecular complexity index is 453. The molecule has 84 valence electrons. The van der Waals surface area contributed by atoms with E-state index >= 15 is 0 Å². The van der Waals surface area contributed by atoms with Crippen LogP contribution in [0.4, 0.5) is 5.69 Å². The smallest absolute Gasteiger partial charge is 0.249 e. The summed E-state index contributed by atoms with van der Waals surface area (Å²) in [6.07, 6.45) is -3.33. The van der Waals surface area contributed by atoms with E-state index in [4.69, 9.17) is 16.7 Å². The average Bonchev–Trinajstić information content (AvgIpc) is 2.26. The first-order chi connectivity index (χ1) is 7.47. The van der Waals surface area contributed by atoms with Crippen LogP contribution in [0.3, 0.4) is 0 Å². The molecule has 6 N–H and O–H groups in total. The van der Waals surface area contributed by atoms with Gasteiger partial charge in [-0.1, -0.05) is 0 Å². The van der Waals surface area contributed by atoms with Crippen LogP contribution in [-0.4, -0.2) is 22.2 Å². The van der Waals surface area contributed by atoms with Crippen molar-refractivity contribution in [3.8, 4) is 6.07 Å². The highest BCUT2D eigenvalue weighted by Gasteiger charge is 2.25. The number of nitrogens with zero attached hydrogens (tertiary/aromatic N) is 1. The molecule has 0 aliphatic carbocycles. The van der Waals surface area contributed by atoms with E-state index in [9.17, 15) is 15.0 Å². The number of nitrogens with two attached hydrogens (primary N) is 2. The van der Waals surface area contributed by atoms with Gasteiger partial charge in [-0.25, -0.2) is 0 Å². The quantitative estimate of drug-likeness (QED) is 0.487. The van der Waals surface area contributed by atoms with Crippen molar-refractivity contribution in [1.82, 2.24) is 0 Å². The van der Waals surface area contributed by atoms with Crippen molar-refractivity contribution in [2.75, 3.05) is 5.73 Å². The zero-order valence-electron chi connectivity index (χ0n) is 8.29. The summed E-state index contributed by atoms with van der Waals surface area (Å²) in [7, 11) is 0. The second-order valence-corrected chi connectivity index (χ2v) is 3.25. The van der Waals surface area contributed by atoms with Crippen molar-refractivity contribution < 1.29 is 15.0 Å². The molecule has 0 aliphatic rings. The van der Waals surface area contributed by atoms with Crippen LogP contribution in [0.1, 0.15) is 17.2 Å². The van der Waals surface area contributed by atoms with Crippen molar-refractivity contribution in [2.24, 2.45) is 5.73 Å². The SMILES string of the molecule is N#Cc1ccc(N)cc1C(O)C(O)C(N)=O. The number of carbonyl (C=O) groups is 1. The van der Waals surface area contributed by atoms with E-state index in [1.54, 1.807) is 0 Å². The maximum absolute atomic E-state index is 10.7. The van der Waals surface area contributed by atoms with E-state index in [2.05, 4.69) is 0 Å². The summed E-state index contributed by atoms with van der Waals surface area (Å²) in [4.78, 5) is 10.7. The summed E-state index contributed by atoms with van der Waals surface area (Å²) in [5, 5.41) is 27.7. The number of anilines is 1. The van der Waals surface area contributed by atoms with Gasteiger partial charge in [0.1, 0.15) is 6.10 Å². The summed E-state index contributed by atoms with van der Waals surface area (Å²) in [5.74, 6) is -1.07. The third kappa shape index (κ3) is 2.28. The van der Waals surface area contributed by atoms with E-state index in [0.29, 0.717) is 5.69 Å². The topological polar surface area (TPSA) is 133 Å². The van der Waals surface area contributed by atoms with Gasteiger partial charge in [-0.2, -0.15) is 5.26 Å². The average molecular weight is 221 g/mol. The van der Waals surface area contributed by atoms with Gasteiger partial charge in [-0.3, -0.25) is 4.79 Å². The van der Waals surface area contributed by atoms with E-state index < -0.39 is 18.1 Å². The summed E-state index contributed by atoms with van der Waals surface area (Å²) in [6, 6.07) is 6.00. The van der Waals surface area contributed by atoms with Crippen LogP contribution in [0.15, 0.2) is 18.2 Å². The van der Waals surface area contributed by atoms with Gasteiger partial charge in [0.25, 0.3) is 0 Å². The zero-order valence-corrected chi connectivity index (χ0v) is 8.29. The van der Waals surface area contributed by atoms with Gasteiger partial charge < -0.3 is 21.7 Å². The van der Waals surface area contributed by atoms with Crippen LogP contribution in [0.5, 0.6) is 0 Å². The first-order valence-corrected chi connectivity index (χ1v) is 4.42. The number of benzene rings is 1. The molecule has 16 heavy (non-hydrogen) atoms. The molecule has 1 aromatic rings. The Morgan fingerprint density at radius 2 is 2.06 bits per heavy atom. The monoisotopic (exact) mass is 221 g/mol. The molecule has 0 aliphatic heterocycles. The molecule has 6 heteroatoms. The molecule has 6 nitrogen and oxygen atoms in total. The van der Waals surface area contributed by atoms with Crippen molar-refractivity contribution in [1.29, 1.82) is 5.26 Å². The maximum Gasteiger partial charge on any atom is 0.249 e. The lowest BCUT2D eigenvalue weighted by Crippen LogP contribution is -2.34. The number of hydrogen-bond acceptors (Lipinski definition) is 5. The fraction of sp³-hybridized carbons (Fsp3) is 0.200. The van der Waals surface area contributed by atoms with E-state index in [1.165, 1.54) is 18.2 Å². The summed E-state index contributed by atoms with van der Waals surface area (Å²) >= 11 is 0. The van der Waals surface area contributed by atoms with Crippen molar-refractivity contribution >= 4 is 11.6 Å². The van der Waals surface area contributed by atoms with Gasteiger partial charge in [-0.15, -0.1) is 0 Å². The van der Waals surface area contributed by atoms with Crippen LogP contribution < -0.4 is 11.5 Å². The van der Waals surface area contributed by atoms with Crippen molar-refractivity contribution in [2.45, 2.75) is 12.2 Å². The fourth-order valence-electron chi connectivity index (χ4n) is 1.25. The normalized spacial score (nSPS) is 13.8. The molecular weight excluding hydrogens is 210 g/mol. The molecule has 0 saturated heterocycles. The van der Waals surface area contributed by atoms with Gasteiger partial charge in [0.05, 0.1) is 11.6 Å². The second-order valence-electron chi connectivity index (χ2n) is 3.25. The summed E-state index contributed by atoms with van der Waals surface area (Å²) in [6.45, 7) is 0.